The zero-order valence-corrected chi connectivity index (χ0v) is 7.34. The summed E-state index contributed by atoms with van der Waals surface area (Å²) in [7, 11) is 0. The molecule has 0 spiro atoms. The summed E-state index contributed by atoms with van der Waals surface area (Å²) in [6.45, 7) is 3.42. The molecule has 0 aromatic heterocycles. The number of carbonyl (C=O) groups is 1. The van der Waals surface area contributed by atoms with Crippen LogP contribution >= 0.6 is 0 Å². The number of hydrogen-bond acceptors (Lipinski definition) is 4. The summed E-state index contributed by atoms with van der Waals surface area (Å²) in [6.07, 6.45) is 0.569. The minimum absolute atomic E-state index is 0.147. The average molecular weight is 172 g/mol. The van der Waals surface area contributed by atoms with Crippen LogP contribution in [0.25, 0.3) is 0 Å². The molecule has 1 fully saturated rings. The molecular weight excluding hydrogens is 156 g/mol. The molecule has 0 amide bonds. The maximum absolute atomic E-state index is 10.5. The van der Waals surface area contributed by atoms with Gasteiger partial charge in [0.1, 0.15) is 5.78 Å². The molecule has 0 saturated carbocycles. The SMILES string of the molecule is CC(=O)CNCC1CC(O)CN1. The van der Waals surface area contributed by atoms with Crippen molar-refractivity contribution in [3.8, 4) is 0 Å². The van der Waals surface area contributed by atoms with E-state index in [1.807, 2.05) is 0 Å². The smallest absolute Gasteiger partial charge is 0.143 e. The summed E-state index contributed by atoms with van der Waals surface area (Å²) in [5.74, 6) is 0.147. The van der Waals surface area contributed by atoms with Crippen molar-refractivity contribution in [1.29, 1.82) is 0 Å². The molecule has 3 N–H and O–H groups in total. The van der Waals surface area contributed by atoms with Gasteiger partial charge in [0, 0.05) is 19.1 Å². The highest BCUT2D eigenvalue weighted by Gasteiger charge is 2.20. The van der Waals surface area contributed by atoms with Gasteiger partial charge in [-0.1, -0.05) is 0 Å². The lowest BCUT2D eigenvalue weighted by Crippen LogP contribution is -2.35. The van der Waals surface area contributed by atoms with Gasteiger partial charge in [-0.2, -0.15) is 0 Å². The van der Waals surface area contributed by atoms with E-state index in [-0.39, 0.29) is 11.9 Å². The van der Waals surface area contributed by atoms with Crippen LogP contribution in [0.4, 0.5) is 0 Å². The van der Waals surface area contributed by atoms with Gasteiger partial charge in [-0.05, 0) is 13.3 Å². The molecule has 1 aliphatic heterocycles. The highest BCUT2D eigenvalue weighted by atomic mass is 16.3. The Labute approximate surface area is 72.3 Å². The van der Waals surface area contributed by atoms with Crippen molar-refractivity contribution in [3.05, 3.63) is 0 Å². The number of ketones is 1. The third kappa shape index (κ3) is 3.30. The van der Waals surface area contributed by atoms with Gasteiger partial charge >= 0.3 is 0 Å². The Morgan fingerprint density at radius 3 is 3.00 bits per heavy atom. The van der Waals surface area contributed by atoms with E-state index in [4.69, 9.17) is 5.11 Å². The summed E-state index contributed by atoms with van der Waals surface area (Å²) in [4.78, 5) is 10.5. The van der Waals surface area contributed by atoms with Crippen molar-refractivity contribution < 1.29 is 9.90 Å². The van der Waals surface area contributed by atoms with Gasteiger partial charge in [0.2, 0.25) is 0 Å². The number of Topliss-reactive ketones (excluding diaryl/α,β-unsaturated/α-hetero) is 1. The van der Waals surface area contributed by atoms with Gasteiger partial charge in [-0.3, -0.25) is 4.79 Å². The van der Waals surface area contributed by atoms with E-state index >= 15 is 0 Å². The van der Waals surface area contributed by atoms with Gasteiger partial charge in [-0.25, -0.2) is 0 Å². The molecule has 0 aromatic rings. The molecule has 4 heteroatoms. The molecule has 70 valence electrons. The van der Waals surface area contributed by atoms with E-state index in [0.29, 0.717) is 19.1 Å². The summed E-state index contributed by atoms with van der Waals surface area (Å²) < 4.78 is 0. The van der Waals surface area contributed by atoms with Crippen molar-refractivity contribution in [3.63, 3.8) is 0 Å². The topological polar surface area (TPSA) is 61.4 Å². The molecule has 0 bridgehead atoms. The molecule has 1 aliphatic rings. The Bertz CT molecular complexity index is 161. The fourth-order valence-electron chi connectivity index (χ4n) is 1.38. The van der Waals surface area contributed by atoms with Crippen LogP contribution in [0.3, 0.4) is 0 Å². The van der Waals surface area contributed by atoms with Crippen molar-refractivity contribution >= 4 is 5.78 Å². The lowest BCUT2D eigenvalue weighted by Gasteiger charge is -2.09. The summed E-state index contributed by atoms with van der Waals surface area (Å²) in [6, 6.07) is 0.319. The minimum atomic E-state index is -0.214. The standard InChI is InChI=1S/C8H16N2O2/c1-6(11)3-9-4-7-2-8(12)5-10-7/h7-10,12H,2-5H2,1H3. The average Bonchev–Trinajstić information content (AvgIpc) is 2.35. The molecule has 0 aliphatic carbocycles. The number of nitrogens with one attached hydrogen (secondary N) is 2. The summed E-state index contributed by atoms with van der Waals surface area (Å²) in [5.41, 5.74) is 0. The highest BCUT2D eigenvalue weighted by Crippen LogP contribution is 2.04. The normalized spacial score (nSPS) is 29.2. The second kappa shape index (κ2) is 4.54. The molecule has 0 radical (unpaired) electrons. The monoisotopic (exact) mass is 172 g/mol. The van der Waals surface area contributed by atoms with Crippen molar-refractivity contribution in [2.45, 2.75) is 25.5 Å². The van der Waals surface area contributed by atoms with Crippen LogP contribution in [0.15, 0.2) is 0 Å². The Morgan fingerprint density at radius 1 is 1.75 bits per heavy atom. The summed E-state index contributed by atoms with van der Waals surface area (Å²) in [5, 5.41) is 15.3. The van der Waals surface area contributed by atoms with Crippen LogP contribution in [-0.2, 0) is 4.79 Å². The lowest BCUT2D eigenvalue weighted by molar-refractivity contribution is -0.116. The second-order valence-corrected chi connectivity index (χ2v) is 3.33. The van der Waals surface area contributed by atoms with E-state index in [1.54, 1.807) is 6.92 Å². The van der Waals surface area contributed by atoms with Gasteiger partial charge < -0.3 is 15.7 Å². The lowest BCUT2D eigenvalue weighted by atomic mass is 10.2. The Kier molecular flexibility index (Phi) is 3.65. The summed E-state index contributed by atoms with van der Waals surface area (Å²) >= 11 is 0. The molecule has 0 aromatic carbocycles. The van der Waals surface area contributed by atoms with Crippen LogP contribution in [0, 0.1) is 0 Å². The predicted octanol–water partition coefficient (Wildman–Crippen LogP) is -1.11. The Hall–Kier alpha value is -0.450. The van der Waals surface area contributed by atoms with Crippen LogP contribution in [0.1, 0.15) is 13.3 Å². The first-order valence-corrected chi connectivity index (χ1v) is 4.30. The predicted molar refractivity (Wildman–Crippen MR) is 46.0 cm³/mol. The van der Waals surface area contributed by atoms with E-state index < -0.39 is 0 Å². The van der Waals surface area contributed by atoms with Crippen LogP contribution in [0.5, 0.6) is 0 Å². The van der Waals surface area contributed by atoms with Crippen LogP contribution in [-0.4, -0.2) is 42.7 Å². The zero-order valence-electron chi connectivity index (χ0n) is 7.34. The van der Waals surface area contributed by atoms with Crippen LogP contribution in [0.2, 0.25) is 0 Å². The van der Waals surface area contributed by atoms with Gasteiger partial charge in [0.25, 0.3) is 0 Å². The number of aliphatic hydroxyl groups is 1. The Balaban J connectivity index is 2.04. The molecular formula is C8H16N2O2. The molecule has 4 nitrogen and oxygen atoms in total. The number of aliphatic hydroxyl groups excluding tert-OH is 1. The number of carbonyl (C=O) groups excluding carboxylic acids is 1. The third-order valence-corrected chi connectivity index (χ3v) is 1.96. The van der Waals surface area contributed by atoms with Gasteiger partial charge in [-0.15, -0.1) is 0 Å². The van der Waals surface area contributed by atoms with E-state index in [1.165, 1.54) is 0 Å². The quantitative estimate of drug-likeness (QED) is 0.503. The first kappa shape index (κ1) is 9.64. The minimum Gasteiger partial charge on any atom is -0.392 e. The van der Waals surface area contributed by atoms with Gasteiger partial charge in [0.05, 0.1) is 12.6 Å². The largest absolute Gasteiger partial charge is 0.392 e. The van der Waals surface area contributed by atoms with Crippen molar-refractivity contribution in [2.24, 2.45) is 0 Å². The van der Waals surface area contributed by atoms with Crippen LogP contribution < -0.4 is 10.6 Å². The van der Waals surface area contributed by atoms with E-state index in [9.17, 15) is 4.79 Å². The van der Waals surface area contributed by atoms with Crippen molar-refractivity contribution in [1.82, 2.24) is 10.6 Å². The zero-order chi connectivity index (χ0) is 8.97. The third-order valence-electron chi connectivity index (χ3n) is 1.96. The maximum Gasteiger partial charge on any atom is 0.143 e. The maximum atomic E-state index is 10.5. The van der Waals surface area contributed by atoms with E-state index in [2.05, 4.69) is 10.6 Å². The first-order valence-electron chi connectivity index (χ1n) is 4.30. The Morgan fingerprint density at radius 2 is 2.50 bits per heavy atom. The molecule has 1 saturated heterocycles. The molecule has 1 rings (SSSR count). The number of β-amino-alcohol motifs (C(OH)–C–C–N with tert-alkyl or cyclic N) is 1. The van der Waals surface area contributed by atoms with E-state index in [0.717, 1.165) is 13.0 Å². The second-order valence-electron chi connectivity index (χ2n) is 3.33. The fourth-order valence-corrected chi connectivity index (χ4v) is 1.38. The number of hydrogen-bond donors (Lipinski definition) is 3. The highest BCUT2D eigenvalue weighted by molar-refractivity contribution is 5.77. The molecule has 2 atom stereocenters. The molecule has 1 heterocycles. The fraction of sp³-hybridized carbons (Fsp3) is 0.875. The molecule has 12 heavy (non-hydrogen) atoms. The van der Waals surface area contributed by atoms with Gasteiger partial charge in [0.15, 0.2) is 0 Å². The van der Waals surface area contributed by atoms with Crippen molar-refractivity contribution in [2.75, 3.05) is 19.6 Å². The molecule has 2 unspecified atom stereocenters. The first-order chi connectivity index (χ1) is 5.68. The number of rotatable bonds is 4.